The number of rotatable bonds is 5. The predicted molar refractivity (Wildman–Crippen MR) is 81.6 cm³/mol. The maximum Gasteiger partial charge on any atom is 0.230 e. The van der Waals surface area contributed by atoms with Crippen LogP contribution in [0.4, 0.5) is 5.69 Å². The molecule has 2 rings (SSSR count). The molecule has 0 bridgehead atoms. The molecule has 0 saturated carbocycles. The number of nitrogen functional groups attached to an aromatic ring is 1. The molecular formula is C15H18N2O2S. The highest BCUT2D eigenvalue weighted by molar-refractivity contribution is 8.00. The van der Waals surface area contributed by atoms with Crippen LogP contribution in [0.3, 0.4) is 0 Å². The highest BCUT2D eigenvalue weighted by Gasteiger charge is 2.12. The molecule has 0 spiro atoms. The van der Waals surface area contributed by atoms with Crippen molar-refractivity contribution in [1.29, 1.82) is 0 Å². The first-order chi connectivity index (χ1) is 9.56. The highest BCUT2D eigenvalue weighted by Crippen LogP contribution is 2.24. The largest absolute Gasteiger partial charge is 0.467 e. The van der Waals surface area contributed by atoms with Gasteiger partial charge < -0.3 is 15.5 Å². The molecule has 0 fully saturated rings. The molecule has 0 aliphatic carbocycles. The number of nitrogens with two attached hydrogens (primary N) is 1. The van der Waals surface area contributed by atoms with Crippen LogP contribution in [-0.2, 0) is 4.79 Å². The van der Waals surface area contributed by atoms with Crippen LogP contribution >= 0.6 is 11.8 Å². The van der Waals surface area contributed by atoms with Gasteiger partial charge in [-0.05, 0) is 49.7 Å². The number of hydrogen-bond donors (Lipinski definition) is 2. The third-order valence-corrected chi connectivity index (χ3v) is 4.08. The van der Waals surface area contributed by atoms with Crippen molar-refractivity contribution in [3.05, 3.63) is 47.9 Å². The quantitative estimate of drug-likeness (QED) is 0.655. The summed E-state index contributed by atoms with van der Waals surface area (Å²) in [5.41, 5.74) is 7.53. The van der Waals surface area contributed by atoms with E-state index in [1.807, 2.05) is 44.2 Å². The number of carbonyl (C=O) groups is 1. The minimum absolute atomic E-state index is 0.0184. The summed E-state index contributed by atoms with van der Waals surface area (Å²) < 4.78 is 5.26. The topological polar surface area (TPSA) is 68.3 Å². The van der Waals surface area contributed by atoms with Crippen LogP contribution in [0.2, 0.25) is 0 Å². The lowest BCUT2D eigenvalue weighted by Gasteiger charge is -2.12. The van der Waals surface area contributed by atoms with Crippen LogP contribution in [-0.4, -0.2) is 11.7 Å². The van der Waals surface area contributed by atoms with Crippen molar-refractivity contribution in [2.24, 2.45) is 0 Å². The second-order valence-corrected chi connectivity index (χ2v) is 5.64. The van der Waals surface area contributed by atoms with Crippen molar-refractivity contribution in [1.82, 2.24) is 5.32 Å². The summed E-state index contributed by atoms with van der Waals surface area (Å²) in [4.78, 5) is 13.0. The van der Waals surface area contributed by atoms with E-state index in [4.69, 9.17) is 10.2 Å². The molecule has 20 heavy (non-hydrogen) atoms. The van der Waals surface area contributed by atoms with Gasteiger partial charge in [0.15, 0.2) is 0 Å². The summed E-state index contributed by atoms with van der Waals surface area (Å²) >= 11 is 1.50. The molecule has 106 valence electrons. The first-order valence-corrected chi connectivity index (χ1v) is 7.36. The molecule has 0 aliphatic heterocycles. The minimum atomic E-state index is -0.120. The third-order valence-electron chi connectivity index (χ3n) is 2.91. The Morgan fingerprint density at radius 1 is 1.45 bits per heavy atom. The Morgan fingerprint density at radius 2 is 2.25 bits per heavy atom. The molecule has 3 N–H and O–H groups in total. The number of benzene rings is 1. The zero-order valence-corrected chi connectivity index (χ0v) is 12.4. The van der Waals surface area contributed by atoms with Gasteiger partial charge in [0.05, 0.1) is 18.1 Å². The van der Waals surface area contributed by atoms with Crippen molar-refractivity contribution in [3.8, 4) is 0 Å². The molecule has 0 radical (unpaired) electrons. The molecule has 0 aliphatic rings. The summed E-state index contributed by atoms with van der Waals surface area (Å²) in [5.74, 6) is 1.11. The van der Waals surface area contributed by atoms with Gasteiger partial charge in [-0.15, -0.1) is 11.8 Å². The number of thioether (sulfide) groups is 1. The van der Waals surface area contributed by atoms with Crippen molar-refractivity contribution < 1.29 is 9.21 Å². The Hall–Kier alpha value is -1.88. The van der Waals surface area contributed by atoms with Crippen LogP contribution in [0.25, 0.3) is 0 Å². The number of amides is 1. The normalized spacial score (nSPS) is 12.1. The smallest absolute Gasteiger partial charge is 0.230 e. The molecule has 5 heteroatoms. The zero-order valence-electron chi connectivity index (χ0n) is 11.6. The van der Waals surface area contributed by atoms with Gasteiger partial charge in [-0.25, -0.2) is 0 Å². The fourth-order valence-electron chi connectivity index (χ4n) is 1.87. The molecule has 1 heterocycles. The van der Waals surface area contributed by atoms with Crippen molar-refractivity contribution in [2.75, 3.05) is 11.5 Å². The molecule has 4 nitrogen and oxygen atoms in total. The standard InChI is InChI=1S/C15H18N2O2S/c1-10-8-12(16)5-6-14(10)20-9-15(18)17-11(2)13-4-3-7-19-13/h3-8,11H,9,16H2,1-2H3,(H,17,18). The second kappa shape index (κ2) is 6.52. The van der Waals surface area contributed by atoms with E-state index < -0.39 is 0 Å². The van der Waals surface area contributed by atoms with E-state index >= 15 is 0 Å². The Balaban J connectivity index is 1.86. The van der Waals surface area contributed by atoms with Crippen LogP contribution in [0.1, 0.15) is 24.3 Å². The van der Waals surface area contributed by atoms with Crippen LogP contribution in [0.5, 0.6) is 0 Å². The summed E-state index contributed by atoms with van der Waals surface area (Å²) in [5, 5.41) is 2.91. The Bertz CT molecular complexity index is 582. The lowest BCUT2D eigenvalue weighted by Crippen LogP contribution is -2.27. The number of anilines is 1. The number of nitrogens with one attached hydrogen (secondary N) is 1. The van der Waals surface area contributed by atoms with E-state index in [1.54, 1.807) is 6.26 Å². The van der Waals surface area contributed by atoms with Crippen molar-refractivity contribution in [3.63, 3.8) is 0 Å². The Morgan fingerprint density at radius 3 is 2.90 bits per heavy atom. The number of aryl methyl sites for hydroxylation is 1. The summed E-state index contributed by atoms with van der Waals surface area (Å²) in [6.07, 6.45) is 1.60. The molecular weight excluding hydrogens is 272 g/mol. The minimum Gasteiger partial charge on any atom is -0.467 e. The first kappa shape index (κ1) is 14.5. The number of carbonyl (C=O) groups excluding carboxylic acids is 1. The lowest BCUT2D eigenvalue weighted by atomic mass is 10.2. The molecule has 0 saturated heterocycles. The SMILES string of the molecule is Cc1cc(N)ccc1SCC(=O)NC(C)c1ccco1. The monoisotopic (exact) mass is 290 g/mol. The molecule has 1 unspecified atom stereocenters. The maximum absolute atomic E-state index is 11.9. The molecule has 1 amide bonds. The lowest BCUT2D eigenvalue weighted by molar-refractivity contribution is -0.119. The van der Waals surface area contributed by atoms with E-state index in [1.165, 1.54) is 11.8 Å². The van der Waals surface area contributed by atoms with Crippen LogP contribution < -0.4 is 11.1 Å². The Labute approximate surface area is 122 Å². The van der Waals surface area contributed by atoms with Crippen LogP contribution in [0.15, 0.2) is 45.9 Å². The third kappa shape index (κ3) is 3.81. The van der Waals surface area contributed by atoms with E-state index in [-0.39, 0.29) is 11.9 Å². The van der Waals surface area contributed by atoms with Crippen molar-refractivity contribution >= 4 is 23.4 Å². The van der Waals surface area contributed by atoms with E-state index in [9.17, 15) is 4.79 Å². The number of furan rings is 1. The summed E-state index contributed by atoms with van der Waals surface area (Å²) in [6.45, 7) is 3.89. The zero-order chi connectivity index (χ0) is 14.5. The second-order valence-electron chi connectivity index (χ2n) is 4.62. The van der Waals surface area contributed by atoms with E-state index in [0.717, 1.165) is 21.9 Å². The summed E-state index contributed by atoms with van der Waals surface area (Å²) in [7, 11) is 0. The van der Waals surface area contributed by atoms with Gasteiger partial charge in [0, 0.05) is 10.6 Å². The van der Waals surface area contributed by atoms with Crippen LogP contribution in [0, 0.1) is 6.92 Å². The fourth-order valence-corrected chi connectivity index (χ4v) is 2.69. The van der Waals surface area contributed by atoms with Gasteiger partial charge in [0.2, 0.25) is 5.91 Å². The highest BCUT2D eigenvalue weighted by atomic mass is 32.2. The van der Waals surface area contributed by atoms with Gasteiger partial charge in [0.1, 0.15) is 5.76 Å². The van der Waals surface area contributed by atoms with Gasteiger partial charge in [-0.3, -0.25) is 4.79 Å². The Kier molecular flexibility index (Phi) is 4.74. The average Bonchev–Trinajstić information content (AvgIpc) is 2.91. The number of hydrogen-bond acceptors (Lipinski definition) is 4. The van der Waals surface area contributed by atoms with Gasteiger partial charge in [0.25, 0.3) is 0 Å². The average molecular weight is 290 g/mol. The molecule has 1 aromatic carbocycles. The van der Waals surface area contributed by atoms with Gasteiger partial charge >= 0.3 is 0 Å². The summed E-state index contributed by atoms with van der Waals surface area (Å²) in [6, 6.07) is 9.24. The molecule has 2 aromatic rings. The fraction of sp³-hybridized carbons (Fsp3) is 0.267. The van der Waals surface area contributed by atoms with E-state index in [2.05, 4.69) is 5.32 Å². The maximum atomic E-state index is 11.9. The first-order valence-electron chi connectivity index (χ1n) is 6.38. The molecule has 1 aromatic heterocycles. The van der Waals surface area contributed by atoms with Gasteiger partial charge in [-0.2, -0.15) is 0 Å². The predicted octanol–water partition coefficient (Wildman–Crippen LogP) is 3.14. The molecule has 1 atom stereocenters. The van der Waals surface area contributed by atoms with Crippen molar-refractivity contribution in [2.45, 2.75) is 24.8 Å². The van der Waals surface area contributed by atoms with E-state index in [0.29, 0.717) is 5.75 Å². The van der Waals surface area contributed by atoms with Gasteiger partial charge in [-0.1, -0.05) is 0 Å².